The molecule has 0 aliphatic rings. The first-order valence-corrected chi connectivity index (χ1v) is 12.8. The van der Waals surface area contributed by atoms with E-state index in [0.29, 0.717) is 6.42 Å². The van der Waals surface area contributed by atoms with E-state index in [1.165, 1.54) is 83.5 Å². The molecular formula is C27H47NO2. The van der Waals surface area contributed by atoms with Gasteiger partial charge in [-0.1, -0.05) is 110 Å². The molecule has 30 heavy (non-hydrogen) atoms. The fourth-order valence-corrected chi connectivity index (χ4v) is 3.73. The van der Waals surface area contributed by atoms with Crippen molar-refractivity contribution in [1.29, 1.82) is 0 Å². The van der Waals surface area contributed by atoms with Gasteiger partial charge in [-0.2, -0.15) is 0 Å². The Morgan fingerprint density at radius 3 is 1.87 bits per heavy atom. The number of carbonyl (C=O) groups excluding carboxylic acids is 1. The minimum Gasteiger partial charge on any atom is -0.494 e. The summed E-state index contributed by atoms with van der Waals surface area (Å²) in [5, 5.41) is 3.02. The predicted octanol–water partition coefficient (Wildman–Crippen LogP) is 8.68. The Morgan fingerprint density at radius 1 is 0.733 bits per heavy atom. The number of rotatable bonds is 20. The van der Waals surface area contributed by atoms with Crippen molar-refractivity contribution >= 4 is 11.6 Å². The second kappa shape index (κ2) is 19.5. The van der Waals surface area contributed by atoms with Gasteiger partial charge in [0, 0.05) is 18.2 Å². The predicted molar refractivity (Wildman–Crippen MR) is 130 cm³/mol. The maximum atomic E-state index is 12.2. The van der Waals surface area contributed by atoms with Crippen LogP contribution in [-0.4, -0.2) is 12.5 Å². The number of benzene rings is 1. The van der Waals surface area contributed by atoms with Crippen LogP contribution in [-0.2, 0) is 4.79 Å². The van der Waals surface area contributed by atoms with Crippen molar-refractivity contribution in [1.82, 2.24) is 0 Å². The van der Waals surface area contributed by atoms with Crippen LogP contribution < -0.4 is 10.1 Å². The zero-order valence-electron chi connectivity index (χ0n) is 19.9. The van der Waals surface area contributed by atoms with Crippen molar-refractivity contribution in [2.24, 2.45) is 0 Å². The molecule has 0 aromatic heterocycles. The number of carbonyl (C=O) groups is 1. The highest BCUT2D eigenvalue weighted by molar-refractivity contribution is 5.90. The molecule has 0 radical (unpaired) electrons. The monoisotopic (exact) mass is 417 g/mol. The Balaban J connectivity index is 2.04. The van der Waals surface area contributed by atoms with Crippen molar-refractivity contribution in [3.63, 3.8) is 0 Å². The Morgan fingerprint density at radius 2 is 1.27 bits per heavy atom. The smallest absolute Gasteiger partial charge is 0.224 e. The summed E-state index contributed by atoms with van der Waals surface area (Å²) in [4.78, 5) is 12.2. The van der Waals surface area contributed by atoms with Crippen LogP contribution in [0, 0.1) is 0 Å². The molecule has 0 atom stereocenters. The molecule has 3 nitrogen and oxygen atoms in total. The van der Waals surface area contributed by atoms with Crippen LogP contribution >= 0.6 is 0 Å². The quantitative estimate of drug-likeness (QED) is 0.215. The molecule has 1 aromatic rings. The number of hydrogen-bond donors (Lipinski definition) is 1. The molecule has 0 saturated heterocycles. The van der Waals surface area contributed by atoms with Gasteiger partial charge in [-0.05, 0) is 25.0 Å². The molecule has 1 rings (SSSR count). The van der Waals surface area contributed by atoms with Gasteiger partial charge in [0.25, 0.3) is 0 Å². The summed E-state index contributed by atoms with van der Waals surface area (Å²) >= 11 is 0. The zero-order chi connectivity index (χ0) is 21.7. The first-order chi connectivity index (χ1) is 14.8. The second-order valence-electron chi connectivity index (χ2n) is 8.62. The van der Waals surface area contributed by atoms with Gasteiger partial charge in [-0.15, -0.1) is 0 Å². The van der Waals surface area contributed by atoms with Crippen LogP contribution in [0.15, 0.2) is 24.3 Å². The van der Waals surface area contributed by atoms with Gasteiger partial charge >= 0.3 is 0 Å². The maximum Gasteiger partial charge on any atom is 0.224 e. The second-order valence-corrected chi connectivity index (χ2v) is 8.62. The summed E-state index contributed by atoms with van der Waals surface area (Å²) < 4.78 is 5.83. The summed E-state index contributed by atoms with van der Waals surface area (Å²) in [6.45, 7) is 5.25. The van der Waals surface area contributed by atoms with Gasteiger partial charge in [0.15, 0.2) is 0 Å². The number of amides is 1. The summed E-state index contributed by atoms with van der Waals surface area (Å²) in [5.41, 5.74) is 0.839. The van der Waals surface area contributed by atoms with Crippen molar-refractivity contribution in [2.75, 3.05) is 11.9 Å². The van der Waals surface area contributed by atoms with Gasteiger partial charge in [-0.25, -0.2) is 0 Å². The molecule has 0 aliphatic heterocycles. The molecule has 0 heterocycles. The number of anilines is 1. The fraction of sp³-hybridized carbons (Fsp3) is 0.741. The average Bonchev–Trinajstić information content (AvgIpc) is 2.75. The van der Waals surface area contributed by atoms with E-state index >= 15 is 0 Å². The lowest BCUT2D eigenvalue weighted by atomic mass is 10.1. The Labute approximate surface area is 186 Å². The van der Waals surface area contributed by atoms with Crippen LogP contribution in [0.5, 0.6) is 5.75 Å². The van der Waals surface area contributed by atoms with Crippen molar-refractivity contribution in [3.05, 3.63) is 24.3 Å². The number of nitrogens with one attached hydrogen (secondary N) is 1. The minimum absolute atomic E-state index is 0.114. The SMILES string of the molecule is CCCCCCCCCCCCCC(=O)Nc1cccc(OCCCCCCC)c1. The number of unbranched alkanes of at least 4 members (excludes halogenated alkanes) is 14. The molecule has 0 bridgehead atoms. The summed E-state index contributed by atoms with van der Waals surface area (Å²) in [6, 6.07) is 7.78. The van der Waals surface area contributed by atoms with Crippen LogP contribution in [0.3, 0.4) is 0 Å². The topological polar surface area (TPSA) is 38.3 Å². The Kier molecular flexibility index (Phi) is 17.2. The zero-order valence-corrected chi connectivity index (χ0v) is 19.9. The highest BCUT2D eigenvalue weighted by atomic mass is 16.5. The molecule has 3 heteroatoms. The van der Waals surface area contributed by atoms with Gasteiger partial charge in [0.1, 0.15) is 5.75 Å². The van der Waals surface area contributed by atoms with E-state index in [2.05, 4.69) is 19.2 Å². The molecule has 172 valence electrons. The Bertz CT molecular complexity index is 529. The van der Waals surface area contributed by atoms with E-state index in [4.69, 9.17) is 4.74 Å². The lowest BCUT2D eigenvalue weighted by molar-refractivity contribution is -0.116. The van der Waals surface area contributed by atoms with E-state index in [1.807, 2.05) is 24.3 Å². The highest BCUT2D eigenvalue weighted by Crippen LogP contribution is 2.19. The fourth-order valence-electron chi connectivity index (χ4n) is 3.73. The van der Waals surface area contributed by atoms with E-state index < -0.39 is 0 Å². The third-order valence-corrected chi connectivity index (χ3v) is 5.64. The van der Waals surface area contributed by atoms with E-state index in [9.17, 15) is 4.79 Å². The third-order valence-electron chi connectivity index (χ3n) is 5.64. The Hall–Kier alpha value is -1.51. The molecule has 1 amide bonds. The highest BCUT2D eigenvalue weighted by Gasteiger charge is 2.04. The summed E-state index contributed by atoms with van der Waals surface area (Å²) in [7, 11) is 0. The molecule has 0 saturated carbocycles. The molecular weight excluding hydrogens is 370 g/mol. The molecule has 1 aromatic carbocycles. The minimum atomic E-state index is 0.114. The average molecular weight is 418 g/mol. The standard InChI is InChI=1S/C27H47NO2/c1-3-5-7-9-10-11-12-13-14-15-17-22-27(29)28-25-20-19-21-26(24-25)30-23-18-16-8-6-4-2/h19-21,24H,3-18,22-23H2,1-2H3,(H,28,29). The molecule has 0 aliphatic carbocycles. The maximum absolute atomic E-state index is 12.2. The van der Waals surface area contributed by atoms with Crippen LogP contribution in [0.4, 0.5) is 5.69 Å². The van der Waals surface area contributed by atoms with Crippen LogP contribution in [0.1, 0.15) is 123 Å². The third kappa shape index (κ3) is 15.3. The summed E-state index contributed by atoms with van der Waals surface area (Å²) in [5.74, 6) is 0.959. The number of ether oxygens (including phenoxy) is 1. The van der Waals surface area contributed by atoms with Gasteiger partial charge in [-0.3, -0.25) is 4.79 Å². The normalized spacial score (nSPS) is 10.9. The molecule has 0 spiro atoms. The van der Waals surface area contributed by atoms with Crippen LogP contribution in [0.25, 0.3) is 0 Å². The van der Waals surface area contributed by atoms with Crippen molar-refractivity contribution in [2.45, 2.75) is 123 Å². The van der Waals surface area contributed by atoms with E-state index in [1.54, 1.807) is 0 Å². The van der Waals surface area contributed by atoms with E-state index in [0.717, 1.165) is 37.3 Å². The lowest BCUT2D eigenvalue weighted by Crippen LogP contribution is -2.11. The number of hydrogen-bond acceptors (Lipinski definition) is 2. The molecule has 1 N–H and O–H groups in total. The first-order valence-electron chi connectivity index (χ1n) is 12.8. The van der Waals surface area contributed by atoms with Crippen molar-refractivity contribution < 1.29 is 9.53 Å². The van der Waals surface area contributed by atoms with Gasteiger partial charge in [0.2, 0.25) is 5.91 Å². The summed E-state index contributed by atoms with van der Waals surface area (Å²) in [6.07, 6.45) is 21.1. The van der Waals surface area contributed by atoms with Gasteiger partial charge in [0.05, 0.1) is 6.61 Å². The van der Waals surface area contributed by atoms with Gasteiger partial charge < -0.3 is 10.1 Å². The lowest BCUT2D eigenvalue weighted by Gasteiger charge is -2.09. The molecule has 0 unspecified atom stereocenters. The first kappa shape index (κ1) is 26.5. The largest absolute Gasteiger partial charge is 0.494 e. The van der Waals surface area contributed by atoms with E-state index in [-0.39, 0.29) is 5.91 Å². The molecule has 0 fully saturated rings. The van der Waals surface area contributed by atoms with Crippen molar-refractivity contribution in [3.8, 4) is 5.75 Å². The van der Waals surface area contributed by atoms with Crippen LogP contribution in [0.2, 0.25) is 0 Å².